The normalized spacial score (nSPS) is 14.8. The maximum Gasteiger partial charge on any atom is 0.138 e. The lowest BCUT2D eigenvalue weighted by atomic mass is 10.0. The van der Waals surface area contributed by atoms with E-state index in [1.165, 1.54) is 0 Å². The molecule has 0 radical (unpaired) electrons. The molecule has 0 aliphatic rings. The summed E-state index contributed by atoms with van der Waals surface area (Å²) in [6.07, 6.45) is 2.61. The smallest absolute Gasteiger partial charge is 0.138 e. The number of benzene rings is 1. The van der Waals surface area contributed by atoms with Crippen molar-refractivity contribution in [3.8, 4) is 5.75 Å². The molecule has 24 heavy (non-hydrogen) atoms. The van der Waals surface area contributed by atoms with E-state index in [1.54, 1.807) is 30.6 Å². The third-order valence-corrected chi connectivity index (χ3v) is 3.93. The van der Waals surface area contributed by atoms with Gasteiger partial charge >= 0.3 is 0 Å². The summed E-state index contributed by atoms with van der Waals surface area (Å²) in [5, 5.41) is 23.9. The van der Waals surface area contributed by atoms with Gasteiger partial charge in [0.25, 0.3) is 0 Å². The molecule has 0 amide bonds. The van der Waals surface area contributed by atoms with Crippen LogP contribution in [0.4, 0.5) is 0 Å². The van der Waals surface area contributed by atoms with Crippen molar-refractivity contribution in [2.24, 2.45) is 0 Å². The summed E-state index contributed by atoms with van der Waals surface area (Å²) in [5.74, 6) is 0.554. The molecule has 1 heterocycles. The fourth-order valence-electron chi connectivity index (χ4n) is 2.27. The van der Waals surface area contributed by atoms with E-state index >= 15 is 0 Å². The van der Waals surface area contributed by atoms with Crippen LogP contribution in [0.15, 0.2) is 48.8 Å². The lowest BCUT2D eigenvalue weighted by molar-refractivity contribution is 0.0988. The maximum atomic E-state index is 10.2. The highest BCUT2D eigenvalue weighted by molar-refractivity contribution is 6.32. The fourth-order valence-corrected chi connectivity index (χ4v) is 2.46. The molecule has 6 heteroatoms. The number of nitrogens with zero attached hydrogens (tertiary/aromatic N) is 1. The van der Waals surface area contributed by atoms with Crippen LogP contribution in [0, 0.1) is 0 Å². The number of rotatable bonds is 9. The standard InChI is InChI=1S/C18H23ClN2O3/c1-13(9-17(23)14-5-4-8-20-10-14)21-11-15(22)12-24-18-7-3-2-6-16(18)19/h2-8,10,13,15,17,21-23H,9,11-12H2,1H3. The van der Waals surface area contributed by atoms with Gasteiger partial charge in [-0.05, 0) is 37.1 Å². The predicted octanol–water partition coefficient (Wildman–Crippen LogP) is 2.58. The van der Waals surface area contributed by atoms with Crippen molar-refractivity contribution >= 4 is 11.6 Å². The Bertz CT molecular complexity index is 612. The Morgan fingerprint density at radius 1 is 1.21 bits per heavy atom. The van der Waals surface area contributed by atoms with Gasteiger partial charge in [0.1, 0.15) is 18.5 Å². The number of aromatic nitrogens is 1. The second kappa shape index (κ2) is 9.59. The number of hydrogen-bond donors (Lipinski definition) is 3. The van der Waals surface area contributed by atoms with Crippen LogP contribution in [-0.2, 0) is 0 Å². The first-order valence-corrected chi connectivity index (χ1v) is 8.31. The quantitative estimate of drug-likeness (QED) is 0.648. The van der Waals surface area contributed by atoms with Crippen LogP contribution in [0.3, 0.4) is 0 Å². The van der Waals surface area contributed by atoms with Gasteiger partial charge < -0.3 is 20.3 Å². The van der Waals surface area contributed by atoms with Gasteiger partial charge in [0, 0.05) is 25.0 Å². The van der Waals surface area contributed by atoms with E-state index in [0.29, 0.717) is 23.7 Å². The lowest BCUT2D eigenvalue weighted by Gasteiger charge is -2.20. The topological polar surface area (TPSA) is 74.6 Å². The van der Waals surface area contributed by atoms with Crippen LogP contribution in [-0.4, -0.2) is 40.5 Å². The average Bonchev–Trinajstić information content (AvgIpc) is 2.60. The van der Waals surface area contributed by atoms with E-state index in [9.17, 15) is 10.2 Å². The number of ether oxygens (including phenoxy) is 1. The molecule has 5 nitrogen and oxygen atoms in total. The van der Waals surface area contributed by atoms with E-state index in [2.05, 4.69) is 10.3 Å². The molecule has 0 fully saturated rings. The first kappa shape index (κ1) is 18.7. The highest BCUT2D eigenvalue weighted by Gasteiger charge is 2.14. The molecular weight excluding hydrogens is 328 g/mol. The van der Waals surface area contributed by atoms with E-state index in [1.807, 2.05) is 25.1 Å². The van der Waals surface area contributed by atoms with Gasteiger partial charge in [-0.2, -0.15) is 0 Å². The van der Waals surface area contributed by atoms with Gasteiger partial charge in [-0.1, -0.05) is 29.8 Å². The van der Waals surface area contributed by atoms with Crippen LogP contribution in [0.2, 0.25) is 5.02 Å². The van der Waals surface area contributed by atoms with Crippen molar-refractivity contribution in [2.75, 3.05) is 13.2 Å². The molecule has 0 saturated heterocycles. The summed E-state index contributed by atoms with van der Waals surface area (Å²) in [6, 6.07) is 10.8. The van der Waals surface area contributed by atoms with Crippen molar-refractivity contribution in [1.29, 1.82) is 0 Å². The number of aliphatic hydroxyl groups is 2. The summed E-state index contributed by atoms with van der Waals surface area (Å²) in [7, 11) is 0. The lowest BCUT2D eigenvalue weighted by Crippen LogP contribution is -2.37. The molecule has 3 unspecified atom stereocenters. The van der Waals surface area contributed by atoms with Gasteiger partial charge in [-0.15, -0.1) is 0 Å². The molecule has 0 aliphatic heterocycles. The van der Waals surface area contributed by atoms with Gasteiger partial charge in [0.2, 0.25) is 0 Å². The zero-order valence-corrected chi connectivity index (χ0v) is 14.4. The largest absolute Gasteiger partial charge is 0.489 e. The Kier molecular flexibility index (Phi) is 7.46. The van der Waals surface area contributed by atoms with Crippen molar-refractivity contribution in [3.05, 3.63) is 59.4 Å². The summed E-state index contributed by atoms with van der Waals surface area (Å²) in [6.45, 7) is 2.47. The molecule has 0 aliphatic carbocycles. The number of para-hydroxylation sites is 1. The van der Waals surface area contributed by atoms with Gasteiger partial charge in [-0.3, -0.25) is 4.98 Å². The average molecular weight is 351 g/mol. The number of hydrogen-bond acceptors (Lipinski definition) is 5. The van der Waals surface area contributed by atoms with Crippen LogP contribution >= 0.6 is 11.6 Å². The van der Waals surface area contributed by atoms with Crippen LogP contribution in [0.1, 0.15) is 25.0 Å². The van der Waals surface area contributed by atoms with Gasteiger partial charge in [-0.25, -0.2) is 0 Å². The molecule has 0 bridgehead atoms. The van der Waals surface area contributed by atoms with Crippen LogP contribution in [0.25, 0.3) is 0 Å². The van der Waals surface area contributed by atoms with Gasteiger partial charge in [0.05, 0.1) is 11.1 Å². The Labute approximate surface area is 147 Å². The zero-order valence-electron chi connectivity index (χ0n) is 13.6. The summed E-state index contributed by atoms with van der Waals surface area (Å²) < 4.78 is 5.50. The Morgan fingerprint density at radius 3 is 2.71 bits per heavy atom. The molecule has 130 valence electrons. The van der Waals surface area contributed by atoms with Crippen LogP contribution in [0.5, 0.6) is 5.75 Å². The van der Waals surface area contributed by atoms with Crippen molar-refractivity contribution in [3.63, 3.8) is 0 Å². The molecule has 0 saturated carbocycles. The Balaban J connectivity index is 1.69. The number of aliphatic hydroxyl groups excluding tert-OH is 2. The minimum Gasteiger partial charge on any atom is -0.489 e. The van der Waals surface area contributed by atoms with Crippen molar-refractivity contribution in [2.45, 2.75) is 31.6 Å². The molecule has 1 aromatic carbocycles. The third-order valence-electron chi connectivity index (χ3n) is 3.62. The first-order chi connectivity index (χ1) is 11.6. The predicted molar refractivity (Wildman–Crippen MR) is 94.2 cm³/mol. The van der Waals surface area contributed by atoms with Crippen LogP contribution < -0.4 is 10.1 Å². The monoisotopic (exact) mass is 350 g/mol. The minimum atomic E-state index is -0.667. The summed E-state index contributed by atoms with van der Waals surface area (Å²) >= 11 is 6.00. The van der Waals surface area contributed by atoms with E-state index in [-0.39, 0.29) is 12.6 Å². The van der Waals surface area contributed by atoms with Crippen molar-refractivity contribution in [1.82, 2.24) is 10.3 Å². The number of nitrogens with one attached hydrogen (secondary N) is 1. The Hall–Kier alpha value is -1.66. The molecule has 2 aromatic rings. The number of pyridine rings is 1. The first-order valence-electron chi connectivity index (χ1n) is 7.93. The highest BCUT2D eigenvalue weighted by atomic mass is 35.5. The highest BCUT2D eigenvalue weighted by Crippen LogP contribution is 2.23. The molecule has 1 aromatic heterocycles. The summed E-state index contributed by atoms with van der Waals surface area (Å²) in [5.41, 5.74) is 0.786. The second-order valence-electron chi connectivity index (χ2n) is 5.74. The Morgan fingerprint density at radius 2 is 2.00 bits per heavy atom. The van der Waals surface area contributed by atoms with E-state index < -0.39 is 12.2 Å². The maximum absolute atomic E-state index is 10.2. The van der Waals surface area contributed by atoms with Gasteiger partial charge in [0.15, 0.2) is 0 Å². The van der Waals surface area contributed by atoms with Crippen molar-refractivity contribution < 1.29 is 14.9 Å². The molecule has 2 rings (SSSR count). The third kappa shape index (κ3) is 6.09. The molecule has 3 atom stereocenters. The van der Waals surface area contributed by atoms with E-state index in [0.717, 1.165) is 5.56 Å². The molecule has 3 N–H and O–H groups in total. The van der Waals surface area contributed by atoms with E-state index in [4.69, 9.17) is 16.3 Å². The molecular formula is C18H23ClN2O3. The SMILES string of the molecule is CC(CC(O)c1cccnc1)NCC(O)COc1ccccc1Cl. The minimum absolute atomic E-state index is 0.0372. The summed E-state index contributed by atoms with van der Waals surface area (Å²) in [4.78, 5) is 4.00. The molecule has 0 spiro atoms. The number of halogens is 1. The second-order valence-corrected chi connectivity index (χ2v) is 6.15. The zero-order chi connectivity index (χ0) is 17.4. The fraction of sp³-hybridized carbons (Fsp3) is 0.389.